The first-order valence-corrected chi connectivity index (χ1v) is 7.97. The molecule has 0 aliphatic heterocycles. The Morgan fingerprint density at radius 3 is 2.53 bits per heavy atom. The Morgan fingerprint density at radius 1 is 1.16 bits per heavy atom. The maximum atomic E-state index is 3.51. The van der Waals surface area contributed by atoms with E-state index in [1.165, 1.54) is 20.5 Å². The van der Waals surface area contributed by atoms with Crippen LogP contribution in [0, 0.1) is 0 Å². The fraction of sp³-hybridized carbons (Fsp3) is 0.333. The highest BCUT2D eigenvalue weighted by molar-refractivity contribution is 9.11. The Labute approximate surface area is 127 Å². The lowest BCUT2D eigenvalue weighted by Gasteiger charge is -2.14. The van der Waals surface area contributed by atoms with E-state index in [-0.39, 0.29) is 0 Å². The number of hydrogen-bond acceptors (Lipinski definition) is 3. The quantitative estimate of drug-likeness (QED) is 0.860. The van der Waals surface area contributed by atoms with Crippen LogP contribution in [-0.4, -0.2) is 19.0 Å². The molecule has 0 aliphatic carbocycles. The van der Waals surface area contributed by atoms with Crippen molar-refractivity contribution in [2.75, 3.05) is 14.1 Å². The molecule has 0 radical (unpaired) electrons. The van der Waals surface area contributed by atoms with Crippen LogP contribution < -0.4 is 5.32 Å². The Hall–Kier alpha value is -0.680. The van der Waals surface area contributed by atoms with Crippen molar-refractivity contribution in [3.63, 3.8) is 0 Å². The van der Waals surface area contributed by atoms with Crippen molar-refractivity contribution in [1.29, 1.82) is 0 Å². The van der Waals surface area contributed by atoms with Gasteiger partial charge in [0.15, 0.2) is 0 Å². The van der Waals surface area contributed by atoms with Crippen LogP contribution in [0.4, 0.5) is 0 Å². The highest BCUT2D eigenvalue weighted by atomic mass is 79.9. The summed E-state index contributed by atoms with van der Waals surface area (Å²) in [5.41, 5.74) is 4.11. The standard InChI is InChI=1S/C15H19BrN2S/c1-18(2)10-14-6-4-3-5-13(14)9-17-8-12-7-15(16)19-11-12/h3-7,11,17H,8-10H2,1-2H3. The molecule has 2 nitrogen and oxygen atoms in total. The first-order valence-electron chi connectivity index (χ1n) is 6.30. The van der Waals surface area contributed by atoms with Crippen LogP contribution in [0.2, 0.25) is 0 Å². The van der Waals surface area contributed by atoms with Crippen molar-refractivity contribution in [2.45, 2.75) is 19.6 Å². The third kappa shape index (κ3) is 4.73. The molecule has 1 heterocycles. The van der Waals surface area contributed by atoms with E-state index in [1.807, 2.05) is 0 Å². The summed E-state index contributed by atoms with van der Waals surface area (Å²) in [7, 11) is 4.21. The highest BCUT2D eigenvalue weighted by Gasteiger charge is 2.03. The van der Waals surface area contributed by atoms with Crippen LogP contribution >= 0.6 is 27.3 Å². The molecule has 0 fully saturated rings. The summed E-state index contributed by atoms with van der Waals surface area (Å²) in [4.78, 5) is 2.20. The molecule has 0 unspecified atom stereocenters. The van der Waals surface area contributed by atoms with Gasteiger partial charge in [0.2, 0.25) is 0 Å². The van der Waals surface area contributed by atoms with Crippen molar-refractivity contribution in [2.24, 2.45) is 0 Å². The maximum Gasteiger partial charge on any atom is 0.0701 e. The minimum absolute atomic E-state index is 0.914. The zero-order chi connectivity index (χ0) is 13.7. The predicted molar refractivity (Wildman–Crippen MR) is 86.4 cm³/mol. The van der Waals surface area contributed by atoms with E-state index in [9.17, 15) is 0 Å². The van der Waals surface area contributed by atoms with Crippen LogP contribution in [0.3, 0.4) is 0 Å². The molecule has 0 spiro atoms. The summed E-state index contributed by atoms with van der Waals surface area (Å²) < 4.78 is 1.19. The van der Waals surface area contributed by atoms with Gasteiger partial charge < -0.3 is 10.2 Å². The second-order valence-electron chi connectivity index (χ2n) is 4.87. The van der Waals surface area contributed by atoms with Crippen molar-refractivity contribution in [1.82, 2.24) is 10.2 Å². The zero-order valence-electron chi connectivity index (χ0n) is 11.3. The zero-order valence-corrected chi connectivity index (χ0v) is 13.7. The van der Waals surface area contributed by atoms with E-state index in [2.05, 4.69) is 76.0 Å². The number of halogens is 1. The summed E-state index contributed by atoms with van der Waals surface area (Å²) in [6, 6.07) is 10.8. The normalized spacial score (nSPS) is 11.2. The summed E-state index contributed by atoms with van der Waals surface area (Å²) in [5, 5.41) is 5.70. The average Bonchev–Trinajstić information content (AvgIpc) is 2.77. The summed E-state index contributed by atoms with van der Waals surface area (Å²) >= 11 is 5.23. The Morgan fingerprint density at radius 2 is 1.89 bits per heavy atom. The van der Waals surface area contributed by atoms with Gasteiger partial charge in [-0.3, -0.25) is 0 Å². The fourth-order valence-corrected chi connectivity index (χ4v) is 3.21. The lowest BCUT2D eigenvalue weighted by atomic mass is 10.1. The SMILES string of the molecule is CN(C)Cc1ccccc1CNCc1csc(Br)c1. The molecule has 0 saturated heterocycles. The fourth-order valence-electron chi connectivity index (χ4n) is 2.00. The average molecular weight is 339 g/mol. The monoisotopic (exact) mass is 338 g/mol. The van der Waals surface area contributed by atoms with Crippen molar-refractivity contribution in [3.8, 4) is 0 Å². The number of nitrogens with one attached hydrogen (secondary N) is 1. The van der Waals surface area contributed by atoms with Crippen molar-refractivity contribution in [3.05, 3.63) is 56.2 Å². The smallest absolute Gasteiger partial charge is 0.0701 e. The van der Waals surface area contributed by atoms with E-state index in [1.54, 1.807) is 11.3 Å². The predicted octanol–water partition coefficient (Wildman–Crippen LogP) is 3.86. The lowest BCUT2D eigenvalue weighted by molar-refractivity contribution is 0.400. The molecule has 1 N–H and O–H groups in total. The van der Waals surface area contributed by atoms with Gasteiger partial charge in [-0.1, -0.05) is 24.3 Å². The van der Waals surface area contributed by atoms with Crippen molar-refractivity contribution < 1.29 is 0 Å². The summed E-state index contributed by atoms with van der Waals surface area (Å²) in [6.45, 7) is 2.82. The van der Waals surface area contributed by atoms with Gasteiger partial charge in [0.25, 0.3) is 0 Å². The van der Waals surface area contributed by atoms with E-state index in [0.717, 1.165) is 19.6 Å². The molecule has 0 bridgehead atoms. The molecule has 0 saturated carbocycles. The minimum atomic E-state index is 0.914. The maximum absolute atomic E-state index is 3.51. The molecule has 0 aliphatic rings. The molecule has 102 valence electrons. The third-order valence-corrected chi connectivity index (χ3v) is 4.42. The number of hydrogen-bond donors (Lipinski definition) is 1. The molecule has 1 aromatic carbocycles. The lowest BCUT2D eigenvalue weighted by Crippen LogP contribution is -2.17. The van der Waals surface area contributed by atoms with Gasteiger partial charge in [-0.25, -0.2) is 0 Å². The van der Waals surface area contributed by atoms with Gasteiger partial charge >= 0.3 is 0 Å². The van der Waals surface area contributed by atoms with Gasteiger partial charge in [-0.2, -0.15) is 0 Å². The van der Waals surface area contributed by atoms with Crippen LogP contribution in [0.25, 0.3) is 0 Å². The Kier molecular flexibility index (Phi) is 5.58. The largest absolute Gasteiger partial charge is 0.309 e. The topological polar surface area (TPSA) is 15.3 Å². The Bertz CT molecular complexity index is 522. The Balaban J connectivity index is 1.92. The number of nitrogens with zero attached hydrogens (tertiary/aromatic N) is 1. The molecular formula is C15H19BrN2S. The summed E-state index contributed by atoms with van der Waals surface area (Å²) in [6.07, 6.45) is 0. The molecule has 4 heteroatoms. The van der Waals surface area contributed by atoms with Gasteiger partial charge in [-0.05, 0) is 58.2 Å². The molecule has 0 atom stereocenters. The van der Waals surface area contributed by atoms with Crippen molar-refractivity contribution >= 4 is 27.3 Å². The van der Waals surface area contributed by atoms with Crippen LogP contribution in [0.15, 0.2) is 39.5 Å². The van der Waals surface area contributed by atoms with E-state index in [4.69, 9.17) is 0 Å². The van der Waals surface area contributed by atoms with Gasteiger partial charge in [0, 0.05) is 19.6 Å². The van der Waals surface area contributed by atoms with E-state index >= 15 is 0 Å². The molecular weight excluding hydrogens is 320 g/mol. The minimum Gasteiger partial charge on any atom is -0.309 e. The first-order chi connectivity index (χ1) is 9.15. The number of rotatable bonds is 6. The third-order valence-electron chi connectivity index (χ3n) is 2.87. The van der Waals surface area contributed by atoms with Gasteiger partial charge in [0.05, 0.1) is 3.79 Å². The first kappa shape index (κ1) is 14.7. The molecule has 19 heavy (non-hydrogen) atoms. The second-order valence-corrected chi connectivity index (χ2v) is 7.16. The number of benzene rings is 1. The molecule has 1 aromatic heterocycles. The second kappa shape index (κ2) is 7.20. The summed E-state index contributed by atoms with van der Waals surface area (Å²) in [5.74, 6) is 0. The molecule has 0 amide bonds. The van der Waals surface area contributed by atoms with Crippen LogP contribution in [0.5, 0.6) is 0 Å². The van der Waals surface area contributed by atoms with Gasteiger partial charge in [0.1, 0.15) is 0 Å². The van der Waals surface area contributed by atoms with Crippen LogP contribution in [0.1, 0.15) is 16.7 Å². The highest BCUT2D eigenvalue weighted by Crippen LogP contribution is 2.20. The van der Waals surface area contributed by atoms with Gasteiger partial charge in [-0.15, -0.1) is 11.3 Å². The molecule has 2 aromatic rings. The molecule has 2 rings (SSSR count). The van der Waals surface area contributed by atoms with E-state index < -0.39 is 0 Å². The van der Waals surface area contributed by atoms with Crippen LogP contribution in [-0.2, 0) is 19.6 Å². The number of thiophene rings is 1. The van der Waals surface area contributed by atoms with E-state index in [0.29, 0.717) is 0 Å².